The number of sulfonamides is 1. The minimum absolute atomic E-state index is 0.00104. The fourth-order valence-corrected chi connectivity index (χ4v) is 3.00. The normalized spacial score (nSPS) is 16.6. The second kappa shape index (κ2) is 6.64. The van der Waals surface area contributed by atoms with Gasteiger partial charge in [-0.3, -0.25) is 0 Å². The fraction of sp³-hybridized carbons (Fsp3) is 1.00. The van der Waals surface area contributed by atoms with E-state index >= 15 is 0 Å². The third-order valence-corrected chi connectivity index (χ3v) is 3.59. The zero-order chi connectivity index (χ0) is 11.2. The van der Waals surface area contributed by atoms with E-state index in [0.29, 0.717) is 12.8 Å². The highest BCUT2D eigenvalue weighted by Gasteiger charge is 2.14. The third kappa shape index (κ3) is 7.59. The highest BCUT2D eigenvalue weighted by molar-refractivity contribution is 7.89. The van der Waals surface area contributed by atoms with Gasteiger partial charge >= 0.3 is 0 Å². The molecule has 0 aromatic carbocycles. The maximum Gasteiger partial charge on any atom is 0.211 e. The van der Waals surface area contributed by atoms with E-state index in [4.69, 9.17) is 11.6 Å². The molecule has 2 unspecified atom stereocenters. The van der Waals surface area contributed by atoms with E-state index in [-0.39, 0.29) is 17.2 Å². The molecule has 0 aliphatic carbocycles. The molecule has 5 heteroatoms. The highest BCUT2D eigenvalue weighted by atomic mass is 35.5. The topological polar surface area (TPSA) is 46.2 Å². The molecule has 86 valence electrons. The molecule has 0 saturated heterocycles. The van der Waals surface area contributed by atoms with E-state index in [1.54, 1.807) is 0 Å². The van der Waals surface area contributed by atoms with Gasteiger partial charge in [-0.05, 0) is 26.7 Å². The van der Waals surface area contributed by atoms with E-state index in [0.717, 1.165) is 6.42 Å². The molecule has 0 amide bonds. The molecular formula is C9H20ClNO2S. The molecule has 2 atom stereocenters. The summed E-state index contributed by atoms with van der Waals surface area (Å²) < 4.78 is 25.5. The Morgan fingerprint density at radius 2 is 1.93 bits per heavy atom. The lowest BCUT2D eigenvalue weighted by Crippen LogP contribution is -2.35. The van der Waals surface area contributed by atoms with Gasteiger partial charge in [0.1, 0.15) is 0 Å². The molecule has 0 aromatic rings. The first kappa shape index (κ1) is 14.2. The van der Waals surface area contributed by atoms with E-state index < -0.39 is 10.0 Å². The first-order valence-corrected chi connectivity index (χ1v) is 7.10. The molecule has 3 nitrogen and oxygen atoms in total. The van der Waals surface area contributed by atoms with E-state index in [1.807, 2.05) is 20.8 Å². The van der Waals surface area contributed by atoms with E-state index in [2.05, 4.69) is 4.72 Å². The number of alkyl halides is 1. The van der Waals surface area contributed by atoms with Crippen LogP contribution in [-0.4, -0.2) is 25.6 Å². The summed E-state index contributed by atoms with van der Waals surface area (Å²) in [7, 11) is -3.10. The van der Waals surface area contributed by atoms with Gasteiger partial charge in [0.25, 0.3) is 0 Å². The van der Waals surface area contributed by atoms with Crippen LogP contribution in [0.25, 0.3) is 0 Å². The van der Waals surface area contributed by atoms with Gasteiger partial charge in [0.2, 0.25) is 10.0 Å². The van der Waals surface area contributed by atoms with Crippen LogP contribution in [-0.2, 0) is 10.0 Å². The molecule has 14 heavy (non-hydrogen) atoms. The van der Waals surface area contributed by atoms with Crippen molar-refractivity contribution >= 4 is 21.6 Å². The molecule has 0 heterocycles. The van der Waals surface area contributed by atoms with Crippen molar-refractivity contribution in [3.05, 3.63) is 0 Å². The van der Waals surface area contributed by atoms with Gasteiger partial charge in [-0.2, -0.15) is 0 Å². The minimum atomic E-state index is -3.10. The summed E-state index contributed by atoms with van der Waals surface area (Å²) in [6.07, 6.45) is 2.26. The zero-order valence-electron chi connectivity index (χ0n) is 9.09. The summed E-state index contributed by atoms with van der Waals surface area (Å²) in [6.45, 7) is 5.67. The zero-order valence-corrected chi connectivity index (χ0v) is 10.7. The van der Waals surface area contributed by atoms with Crippen LogP contribution in [0.4, 0.5) is 0 Å². The van der Waals surface area contributed by atoms with Crippen molar-refractivity contribution in [2.24, 2.45) is 0 Å². The summed E-state index contributed by atoms with van der Waals surface area (Å²) in [5.41, 5.74) is 0. The Hall–Kier alpha value is 0.200. The van der Waals surface area contributed by atoms with Crippen molar-refractivity contribution in [2.75, 3.05) is 5.75 Å². The monoisotopic (exact) mass is 241 g/mol. The molecule has 0 rings (SSSR count). The van der Waals surface area contributed by atoms with Gasteiger partial charge in [0.05, 0.1) is 5.75 Å². The van der Waals surface area contributed by atoms with E-state index in [9.17, 15) is 8.42 Å². The Balaban J connectivity index is 3.96. The molecular weight excluding hydrogens is 222 g/mol. The predicted molar refractivity (Wildman–Crippen MR) is 61.2 cm³/mol. The van der Waals surface area contributed by atoms with Crippen molar-refractivity contribution in [1.29, 1.82) is 0 Å². The second-order valence-electron chi connectivity index (χ2n) is 3.71. The molecule has 0 spiro atoms. The van der Waals surface area contributed by atoms with Gasteiger partial charge < -0.3 is 0 Å². The van der Waals surface area contributed by atoms with Crippen LogP contribution in [0.5, 0.6) is 0 Å². The van der Waals surface area contributed by atoms with Crippen molar-refractivity contribution in [3.8, 4) is 0 Å². The molecule has 1 N–H and O–H groups in total. The Morgan fingerprint density at radius 1 is 1.36 bits per heavy atom. The fourth-order valence-electron chi connectivity index (χ4n) is 1.24. The first-order valence-electron chi connectivity index (χ1n) is 5.01. The molecule has 0 bridgehead atoms. The van der Waals surface area contributed by atoms with Gasteiger partial charge in [0, 0.05) is 11.4 Å². The lowest BCUT2D eigenvalue weighted by molar-refractivity contribution is 0.543. The second-order valence-corrected chi connectivity index (χ2v) is 6.33. The van der Waals surface area contributed by atoms with Gasteiger partial charge in [-0.15, -0.1) is 11.6 Å². The Labute approximate surface area is 92.3 Å². The van der Waals surface area contributed by atoms with Gasteiger partial charge in [-0.1, -0.05) is 13.3 Å². The summed E-state index contributed by atoms with van der Waals surface area (Å²) in [5, 5.41) is -0.00104. The van der Waals surface area contributed by atoms with Crippen LogP contribution in [0, 0.1) is 0 Å². The lowest BCUT2D eigenvalue weighted by Gasteiger charge is -2.14. The Kier molecular flexibility index (Phi) is 6.74. The maximum atomic E-state index is 11.4. The summed E-state index contributed by atoms with van der Waals surface area (Å²) >= 11 is 5.77. The van der Waals surface area contributed by atoms with Crippen LogP contribution >= 0.6 is 11.6 Å². The third-order valence-electron chi connectivity index (χ3n) is 1.83. The summed E-state index contributed by atoms with van der Waals surface area (Å²) in [5.74, 6) is 0.213. The minimum Gasteiger partial charge on any atom is -0.212 e. The smallest absolute Gasteiger partial charge is 0.211 e. The average molecular weight is 242 g/mol. The Morgan fingerprint density at radius 3 is 2.36 bits per heavy atom. The number of unbranched alkanes of at least 4 members (excludes halogenated alkanes) is 1. The highest BCUT2D eigenvalue weighted by Crippen LogP contribution is 2.05. The number of hydrogen-bond acceptors (Lipinski definition) is 2. The SMILES string of the molecule is CCCCS(=O)(=O)NC(C)CC(C)Cl. The molecule has 0 aliphatic heterocycles. The first-order chi connectivity index (χ1) is 6.37. The number of hydrogen-bond donors (Lipinski definition) is 1. The molecule has 0 radical (unpaired) electrons. The van der Waals surface area contributed by atoms with Crippen LogP contribution in [0.1, 0.15) is 40.0 Å². The van der Waals surface area contributed by atoms with Gasteiger partial charge in [-0.25, -0.2) is 13.1 Å². The molecule has 0 saturated carbocycles. The van der Waals surface area contributed by atoms with Crippen molar-refractivity contribution in [1.82, 2.24) is 4.72 Å². The van der Waals surface area contributed by atoms with Crippen LogP contribution in [0.3, 0.4) is 0 Å². The number of nitrogens with one attached hydrogen (secondary N) is 1. The van der Waals surface area contributed by atoms with Crippen molar-refractivity contribution in [2.45, 2.75) is 51.5 Å². The largest absolute Gasteiger partial charge is 0.212 e. The van der Waals surface area contributed by atoms with Crippen molar-refractivity contribution < 1.29 is 8.42 Å². The summed E-state index contributed by atoms with van der Waals surface area (Å²) in [4.78, 5) is 0. The average Bonchev–Trinajstić information content (AvgIpc) is 1.98. The lowest BCUT2D eigenvalue weighted by atomic mass is 10.2. The standard InChI is InChI=1S/C9H20ClNO2S/c1-4-5-6-14(12,13)11-9(3)7-8(2)10/h8-9,11H,4-7H2,1-3H3. The van der Waals surface area contributed by atoms with Crippen LogP contribution in [0.2, 0.25) is 0 Å². The maximum absolute atomic E-state index is 11.4. The van der Waals surface area contributed by atoms with Gasteiger partial charge in [0.15, 0.2) is 0 Å². The van der Waals surface area contributed by atoms with Crippen LogP contribution < -0.4 is 4.72 Å². The van der Waals surface area contributed by atoms with Crippen molar-refractivity contribution in [3.63, 3.8) is 0 Å². The number of halogens is 1. The summed E-state index contributed by atoms with van der Waals surface area (Å²) in [6, 6.07) is -0.0793. The number of rotatable bonds is 7. The Bertz CT molecular complexity index is 239. The molecule has 0 fully saturated rings. The molecule has 0 aliphatic rings. The van der Waals surface area contributed by atoms with Crippen LogP contribution in [0.15, 0.2) is 0 Å². The predicted octanol–water partition coefficient (Wildman–Crippen LogP) is 2.11. The van der Waals surface area contributed by atoms with E-state index in [1.165, 1.54) is 0 Å². The molecule has 0 aromatic heterocycles. The quantitative estimate of drug-likeness (QED) is 0.694.